The van der Waals surface area contributed by atoms with Crippen molar-refractivity contribution >= 4 is 16.6 Å². The molecule has 0 bridgehead atoms. The van der Waals surface area contributed by atoms with Gasteiger partial charge >= 0.3 is 6.18 Å². The fourth-order valence-electron chi connectivity index (χ4n) is 3.50. The summed E-state index contributed by atoms with van der Waals surface area (Å²) >= 11 is 0. The Hall–Kier alpha value is -2.02. The third kappa shape index (κ3) is 3.00. The summed E-state index contributed by atoms with van der Waals surface area (Å²) in [7, 11) is 1.57. The minimum atomic E-state index is -4.19. The molecule has 2 aromatic rings. The largest absolute Gasteiger partial charge is 0.494 e. The zero-order valence-corrected chi connectivity index (χ0v) is 13.4. The Morgan fingerprint density at radius 2 is 2.12 bits per heavy atom. The van der Waals surface area contributed by atoms with E-state index in [0.717, 1.165) is 11.1 Å². The highest BCUT2D eigenvalue weighted by Crippen LogP contribution is 2.40. The van der Waals surface area contributed by atoms with E-state index in [1.54, 1.807) is 13.3 Å². The molecule has 2 heterocycles. The van der Waals surface area contributed by atoms with Crippen molar-refractivity contribution in [3.8, 4) is 5.75 Å². The van der Waals surface area contributed by atoms with Crippen LogP contribution >= 0.6 is 0 Å². The van der Waals surface area contributed by atoms with E-state index < -0.39 is 18.0 Å². The molecule has 2 N–H and O–H groups in total. The summed E-state index contributed by atoms with van der Waals surface area (Å²) in [5.74, 6) is -1.29. The molecule has 1 aliphatic rings. The molecule has 4 nitrogen and oxygen atoms in total. The minimum absolute atomic E-state index is 0.0208. The lowest BCUT2D eigenvalue weighted by Crippen LogP contribution is -2.48. The lowest BCUT2D eigenvalue weighted by atomic mass is 9.84. The van der Waals surface area contributed by atoms with E-state index in [-0.39, 0.29) is 19.5 Å². The van der Waals surface area contributed by atoms with Crippen LogP contribution in [0.1, 0.15) is 6.42 Å². The van der Waals surface area contributed by atoms with E-state index in [2.05, 4.69) is 4.98 Å². The number of benzene rings is 1. The Kier molecular flexibility index (Phi) is 4.54. The molecule has 3 rings (SSSR count). The van der Waals surface area contributed by atoms with Gasteiger partial charge in [-0.2, -0.15) is 13.2 Å². The lowest BCUT2D eigenvalue weighted by molar-refractivity contribution is -0.191. The van der Waals surface area contributed by atoms with Gasteiger partial charge in [0.2, 0.25) is 0 Å². The average molecular weight is 339 g/mol. The van der Waals surface area contributed by atoms with Crippen LogP contribution in [0.2, 0.25) is 0 Å². The number of para-hydroxylation sites is 1. The number of ether oxygens (including phenoxy) is 1. The van der Waals surface area contributed by atoms with Gasteiger partial charge in [0.1, 0.15) is 11.3 Å². The summed E-state index contributed by atoms with van der Waals surface area (Å²) in [4.78, 5) is 6.32. The number of hydrogen-bond acceptors (Lipinski definition) is 4. The number of pyridine rings is 1. The average Bonchev–Trinajstić information content (AvgIpc) is 2.59. The van der Waals surface area contributed by atoms with Crippen molar-refractivity contribution in [1.29, 1.82) is 0 Å². The summed E-state index contributed by atoms with van der Waals surface area (Å²) in [6, 6.07) is 7.42. The molecule has 0 aliphatic carbocycles. The molecule has 0 spiro atoms. The number of hydrogen-bond donors (Lipinski definition) is 1. The van der Waals surface area contributed by atoms with Gasteiger partial charge in [0.05, 0.1) is 13.0 Å². The predicted molar refractivity (Wildman–Crippen MR) is 87.2 cm³/mol. The van der Waals surface area contributed by atoms with Crippen LogP contribution in [0.25, 0.3) is 10.9 Å². The first-order valence-electron chi connectivity index (χ1n) is 7.89. The van der Waals surface area contributed by atoms with Gasteiger partial charge in [-0.05, 0) is 25.1 Å². The SMILES string of the molecule is COc1cccc2c(N3CCC(C(F)(F)F)C(CN)C3)ccnc12. The van der Waals surface area contributed by atoms with Crippen LogP contribution in [0.5, 0.6) is 5.75 Å². The first-order valence-corrected chi connectivity index (χ1v) is 7.89. The highest BCUT2D eigenvalue weighted by atomic mass is 19.4. The summed E-state index contributed by atoms with van der Waals surface area (Å²) in [6.45, 7) is 0.654. The Bertz CT molecular complexity index is 720. The zero-order chi connectivity index (χ0) is 17.3. The van der Waals surface area contributed by atoms with Gasteiger partial charge in [-0.25, -0.2) is 0 Å². The Balaban J connectivity index is 1.95. The maximum absolute atomic E-state index is 13.2. The molecule has 0 saturated carbocycles. The quantitative estimate of drug-likeness (QED) is 0.933. The smallest absolute Gasteiger partial charge is 0.392 e. The number of nitrogens with two attached hydrogens (primary N) is 1. The Morgan fingerprint density at radius 3 is 2.79 bits per heavy atom. The lowest BCUT2D eigenvalue weighted by Gasteiger charge is -2.40. The van der Waals surface area contributed by atoms with Crippen molar-refractivity contribution in [2.24, 2.45) is 17.6 Å². The second-order valence-corrected chi connectivity index (χ2v) is 6.07. The second kappa shape index (κ2) is 6.47. The molecule has 7 heteroatoms. The maximum atomic E-state index is 13.2. The van der Waals surface area contributed by atoms with E-state index in [0.29, 0.717) is 17.8 Å². The predicted octanol–water partition coefficient (Wildman–Crippen LogP) is 3.21. The van der Waals surface area contributed by atoms with Gasteiger partial charge in [-0.3, -0.25) is 4.98 Å². The number of rotatable bonds is 3. The van der Waals surface area contributed by atoms with Crippen molar-refractivity contribution in [3.63, 3.8) is 0 Å². The molecule has 130 valence electrons. The maximum Gasteiger partial charge on any atom is 0.392 e. The summed E-state index contributed by atoms with van der Waals surface area (Å²) in [5, 5.41) is 0.873. The van der Waals surface area contributed by atoms with Crippen molar-refractivity contribution in [3.05, 3.63) is 30.5 Å². The first kappa shape index (κ1) is 16.8. The van der Waals surface area contributed by atoms with Gasteiger partial charge < -0.3 is 15.4 Å². The number of piperidine rings is 1. The van der Waals surface area contributed by atoms with Crippen LogP contribution in [0.15, 0.2) is 30.5 Å². The number of anilines is 1. The molecule has 1 aliphatic heterocycles. The number of alkyl halides is 3. The molecule has 1 aromatic heterocycles. The Morgan fingerprint density at radius 1 is 1.33 bits per heavy atom. The van der Waals surface area contributed by atoms with Crippen LogP contribution in [0.4, 0.5) is 18.9 Å². The van der Waals surface area contributed by atoms with E-state index in [1.165, 1.54) is 0 Å². The van der Waals surface area contributed by atoms with E-state index in [1.807, 2.05) is 29.2 Å². The number of halogens is 3. The summed E-state index contributed by atoms with van der Waals surface area (Å²) in [6.07, 6.45) is -2.48. The number of fused-ring (bicyclic) bond motifs is 1. The van der Waals surface area contributed by atoms with E-state index in [4.69, 9.17) is 10.5 Å². The molecule has 1 fully saturated rings. The molecule has 0 amide bonds. The fourth-order valence-corrected chi connectivity index (χ4v) is 3.50. The topological polar surface area (TPSA) is 51.4 Å². The number of aromatic nitrogens is 1. The fraction of sp³-hybridized carbons (Fsp3) is 0.471. The molecular weight excluding hydrogens is 319 g/mol. The van der Waals surface area contributed by atoms with Crippen LogP contribution in [0.3, 0.4) is 0 Å². The van der Waals surface area contributed by atoms with Gasteiger partial charge in [0, 0.05) is 36.3 Å². The summed E-state index contributed by atoms with van der Waals surface area (Å²) in [5.41, 5.74) is 7.21. The molecule has 1 aromatic carbocycles. The van der Waals surface area contributed by atoms with E-state index >= 15 is 0 Å². The van der Waals surface area contributed by atoms with Crippen LogP contribution in [-0.4, -0.2) is 37.9 Å². The number of nitrogens with zero attached hydrogens (tertiary/aromatic N) is 2. The Labute approximate surface area is 138 Å². The van der Waals surface area contributed by atoms with Crippen molar-refractivity contribution in [2.45, 2.75) is 12.6 Å². The number of methoxy groups -OCH3 is 1. The monoisotopic (exact) mass is 339 g/mol. The molecule has 24 heavy (non-hydrogen) atoms. The second-order valence-electron chi connectivity index (χ2n) is 6.07. The molecule has 2 unspecified atom stereocenters. The zero-order valence-electron chi connectivity index (χ0n) is 13.4. The van der Waals surface area contributed by atoms with Crippen LogP contribution in [-0.2, 0) is 0 Å². The first-order chi connectivity index (χ1) is 11.5. The van der Waals surface area contributed by atoms with Gasteiger partial charge in [-0.1, -0.05) is 12.1 Å². The minimum Gasteiger partial charge on any atom is -0.494 e. The summed E-state index contributed by atoms with van der Waals surface area (Å²) < 4.78 is 44.8. The van der Waals surface area contributed by atoms with Gasteiger partial charge in [-0.15, -0.1) is 0 Å². The van der Waals surface area contributed by atoms with Gasteiger partial charge in [0.25, 0.3) is 0 Å². The molecule has 2 atom stereocenters. The molecule has 1 saturated heterocycles. The third-order valence-corrected chi connectivity index (χ3v) is 4.73. The normalized spacial score (nSPS) is 22.0. The van der Waals surface area contributed by atoms with Crippen molar-refractivity contribution in [1.82, 2.24) is 4.98 Å². The van der Waals surface area contributed by atoms with Crippen molar-refractivity contribution in [2.75, 3.05) is 31.6 Å². The molecule has 0 radical (unpaired) electrons. The highest BCUT2D eigenvalue weighted by Gasteiger charge is 2.46. The van der Waals surface area contributed by atoms with E-state index in [9.17, 15) is 13.2 Å². The highest BCUT2D eigenvalue weighted by molar-refractivity contribution is 5.95. The standard InChI is InChI=1S/C17H20F3N3O/c1-24-15-4-2-3-12-14(5-7-22-16(12)15)23-8-6-13(17(18,19)20)11(9-21)10-23/h2-5,7,11,13H,6,8-10,21H2,1H3. The van der Waals surface area contributed by atoms with Crippen LogP contribution in [0, 0.1) is 11.8 Å². The molecular formula is C17H20F3N3O. The van der Waals surface area contributed by atoms with Crippen molar-refractivity contribution < 1.29 is 17.9 Å². The van der Waals surface area contributed by atoms with Crippen LogP contribution < -0.4 is 15.4 Å². The third-order valence-electron chi connectivity index (χ3n) is 4.73. The van der Waals surface area contributed by atoms with Gasteiger partial charge in [0.15, 0.2) is 0 Å².